The maximum Gasteiger partial charge on any atom is 0.416 e. The van der Waals surface area contributed by atoms with Crippen LogP contribution in [0.5, 0.6) is 0 Å². The Kier molecular flexibility index (Phi) is 5.26. The number of esters is 1. The number of hydrogen-bond acceptors (Lipinski definition) is 4. The van der Waals surface area contributed by atoms with Crippen LogP contribution >= 0.6 is 0 Å². The summed E-state index contributed by atoms with van der Waals surface area (Å²) in [5, 5.41) is 2.30. The number of Topliss-reactive ketones (excluding diaryl/α,β-unsaturated/α-hetero) is 1. The molecule has 0 aliphatic rings. The molecule has 6 nitrogen and oxygen atoms in total. The van der Waals surface area contributed by atoms with Crippen molar-refractivity contribution in [2.24, 2.45) is 0 Å². The van der Waals surface area contributed by atoms with Crippen LogP contribution in [0.1, 0.15) is 33.3 Å². The molecule has 0 aliphatic carbocycles. The Morgan fingerprint density at radius 2 is 1.80 bits per heavy atom. The van der Waals surface area contributed by atoms with Crippen LogP contribution in [0.25, 0.3) is 0 Å². The highest BCUT2D eigenvalue weighted by Crippen LogP contribution is 2.29. The fourth-order valence-electron chi connectivity index (χ4n) is 1.86. The van der Waals surface area contributed by atoms with Crippen LogP contribution in [-0.2, 0) is 15.7 Å². The lowest BCUT2D eigenvalue weighted by atomic mass is 10.2. The number of rotatable bonds is 5. The Bertz CT molecular complexity index is 794. The number of carbonyl (C=O) groups is 3. The van der Waals surface area contributed by atoms with Crippen LogP contribution in [0, 0.1) is 0 Å². The van der Waals surface area contributed by atoms with Crippen molar-refractivity contribution in [1.29, 1.82) is 0 Å². The number of nitrogens with one attached hydrogen (secondary N) is 2. The number of H-pyrrole nitrogens is 1. The second kappa shape index (κ2) is 7.20. The third-order valence-electron chi connectivity index (χ3n) is 3.14. The fourth-order valence-corrected chi connectivity index (χ4v) is 1.86. The molecule has 0 unspecified atom stereocenters. The molecule has 9 heteroatoms. The van der Waals surface area contributed by atoms with E-state index in [-0.39, 0.29) is 17.2 Å². The van der Waals surface area contributed by atoms with Gasteiger partial charge in [-0.05, 0) is 37.3 Å². The molecule has 1 amide bonds. The molecule has 2 N–H and O–H groups in total. The normalized spacial score (nSPS) is 11.0. The van der Waals surface area contributed by atoms with Gasteiger partial charge in [-0.3, -0.25) is 9.59 Å². The molecule has 0 atom stereocenters. The Morgan fingerprint density at radius 1 is 1.16 bits per heavy atom. The molecule has 0 saturated carbocycles. The van der Waals surface area contributed by atoms with E-state index < -0.39 is 30.2 Å². The predicted octanol–water partition coefficient (Wildman–Crippen LogP) is 3.03. The van der Waals surface area contributed by atoms with E-state index in [4.69, 9.17) is 4.74 Å². The second-order valence-electron chi connectivity index (χ2n) is 5.06. The van der Waals surface area contributed by atoms with Crippen molar-refractivity contribution < 1.29 is 32.3 Å². The first-order valence-electron chi connectivity index (χ1n) is 7.00. The zero-order valence-corrected chi connectivity index (χ0v) is 12.9. The number of anilines is 1. The first-order chi connectivity index (χ1) is 11.7. The maximum absolute atomic E-state index is 12.4. The van der Waals surface area contributed by atoms with E-state index in [1.807, 2.05) is 0 Å². The quantitative estimate of drug-likeness (QED) is 0.638. The van der Waals surface area contributed by atoms with E-state index in [1.165, 1.54) is 19.2 Å². The summed E-state index contributed by atoms with van der Waals surface area (Å²) in [6.45, 7) is 0.698. The lowest BCUT2D eigenvalue weighted by Crippen LogP contribution is -2.21. The van der Waals surface area contributed by atoms with E-state index in [0.29, 0.717) is 5.56 Å². The summed E-state index contributed by atoms with van der Waals surface area (Å²) in [5.74, 6) is -1.79. The topological polar surface area (TPSA) is 88.3 Å². The average Bonchev–Trinajstić information content (AvgIpc) is 3.02. The Labute approximate surface area is 140 Å². The molecule has 2 aromatic rings. The summed E-state index contributed by atoms with van der Waals surface area (Å²) in [5.41, 5.74) is -0.411. The van der Waals surface area contributed by atoms with Crippen LogP contribution in [-0.4, -0.2) is 29.3 Å². The zero-order valence-electron chi connectivity index (χ0n) is 12.9. The smallest absolute Gasteiger partial charge is 0.416 e. The molecule has 132 valence electrons. The van der Waals surface area contributed by atoms with Crippen molar-refractivity contribution in [3.05, 3.63) is 53.3 Å². The van der Waals surface area contributed by atoms with E-state index in [2.05, 4.69) is 10.3 Å². The van der Waals surface area contributed by atoms with E-state index in [0.717, 1.165) is 24.3 Å². The standard InChI is InChI=1S/C16H13F3N2O4/c1-9(22)10-6-13(20-7-10)15(24)25-8-14(23)21-12-4-2-11(3-5-12)16(17,18)19/h2-7,20H,8H2,1H3,(H,21,23). The van der Waals surface area contributed by atoms with Crippen LogP contribution < -0.4 is 5.32 Å². The van der Waals surface area contributed by atoms with Gasteiger partial charge < -0.3 is 15.0 Å². The number of halogens is 3. The van der Waals surface area contributed by atoms with Gasteiger partial charge in [-0.15, -0.1) is 0 Å². The summed E-state index contributed by atoms with van der Waals surface area (Å²) in [6.07, 6.45) is -3.13. The molecule has 1 heterocycles. The summed E-state index contributed by atoms with van der Waals surface area (Å²) in [7, 11) is 0. The number of aromatic nitrogens is 1. The van der Waals surface area contributed by atoms with Gasteiger partial charge in [0.2, 0.25) is 0 Å². The maximum atomic E-state index is 12.4. The summed E-state index contributed by atoms with van der Waals surface area (Å²) >= 11 is 0. The molecule has 2 rings (SSSR count). The monoisotopic (exact) mass is 354 g/mol. The minimum absolute atomic E-state index is 0.00697. The Hall–Kier alpha value is -3.10. The molecule has 0 aliphatic heterocycles. The fraction of sp³-hybridized carbons (Fsp3) is 0.188. The SMILES string of the molecule is CC(=O)c1c[nH]c(C(=O)OCC(=O)Nc2ccc(C(F)(F)F)cc2)c1. The third-order valence-corrected chi connectivity index (χ3v) is 3.14. The number of ether oxygens (including phenoxy) is 1. The zero-order chi connectivity index (χ0) is 18.6. The molecule has 25 heavy (non-hydrogen) atoms. The number of benzene rings is 1. The van der Waals surface area contributed by atoms with Crippen molar-refractivity contribution in [2.75, 3.05) is 11.9 Å². The number of hydrogen-bond donors (Lipinski definition) is 2. The molecule has 0 bridgehead atoms. The first-order valence-corrected chi connectivity index (χ1v) is 7.00. The molecular formula is C16H13F3N2O4. The number of carbonyl (C=O) groups excluding carboxylic acids is 3. The second-order valence-corrected chi connectivity index (χ2v) is 5.06. The van der Waals surface area contributed by atoms with E-state index >= 15 is 0 Å². The van der Waals surface area contributed by atoms with Crippen molar-refractivity contribution in [3.8, 4) is 0 Å². The largest absolute Gasteiger partial charge is 0.451 e. The summed E-state index contributed by atoms with van der Waals surface area (Å²) in [6, 6.07) is 5.12. The lowest BCUT2D eigenvalue weighted by molar-refractivity contribution is -0.137. The van der Waals surface area contributed by atoms with Crippen molar-refractivity contribution >= 4 is 23.3 Å². The van der Waals surface area contributed by atoms with Gasteiger partial charge in [0.25, 0.3) is 5.91 Å². The average molecular weight is 354 g/mol. The minimum atomic E-state index is -4.47. The molecule has 0 fully saturated rings. The van der Waals surface area contributed by atoms with Gasteiger partial charge in [0.15, 0.2) is 12.4 Å². The minimum Gasteiger partial charge on any atom is -0.451 e. The lowest BCUT2D eigenvalue weighted by Gasteiger charge is -2.09. The molecule has 1 aromatic carbocycles. The highest BCUT2D eigenvalue weighted by atomic mass is 19.4. The Morgan fingerprint density at radius 3 is 2.32 bits per heavy atom. The first kappa shape index (κ1) is 18.2. The number of alkyl halides is 3. The van der Waals surface area contributed by atoms with Crippen LogP contribution in [0.2, 0.25) is 0 Å². The van der Waals surface area contributed by atoms with Crippen LogP contribution in [0.3, 0.4) is 0 Å². The molecule has 1 aromatic heterocycles. The van der Waals surface area contributed by atoms with Crippen molar-refractivity contribution in [1.82, 2.24) is 4.98 Å². The van der Waals surface area contributed by atoms with Crippen LogP contribution in [0.4, 0.5) is 18.9 Å². The van der Waals surface area contributed by atoms with E-state index in [1.54, 1.807) is 0 Å². The predicted molar refractivity (Wildman–Crippen MR) is 81.2 cm³/mol. The van der Waals surface area contributed by atoms with Crippen molar-refractivity contribution in [2.45, 2.75) is 13.1 Å². The number of amides is 1. The van der Waals surface area contributed by atoms with Gasteiger partial charge in [-0.25, -0.2) is 4.79 Å². The third kappa shape index (κ3) is 4.93. The van der Waals surface area contributed by atoms with Gasteiger partial charge in [0.05, 0.1) is 5.56 Å². The number of ketones is 1. The van der Waals surface area contributed by atoms with Crippen LogP contribution in [0.15, 0.2) is 36.5 Å². The molecule has 0 radical (unpaired) electrons. The van der Waals surface area contributed by atoms with Gasteiger partial charge in [-0.2, -0.15) is 13.2 Å². The van der Waals surface area contributed by atoms with Gasteiger partial charge in [-0.1, -0.05) is 0 Å². The van der Waals surface area contributed by atoms with Gasteiger partial charge in [0, 0.05) is 17.4 Å². The molecular weight excluding hydrogens is 341 g/mol. The summed E-state index contributed by atoms with van der Waals surface area (Å²) in [4.78, 5) is 37.1. The molecule has 0 saturated heterocycles. The molecule has 0 spiro atoms. The number of aromatic amines is 1. The Balaban J connectivity index is 1.87. The summed E-state index contributed by atoms with van der Waals surface area (Å²) < 4.78 is 42.1. The van der Waals surface area contributed by atoms with Gasteiger partial charge >= 0.3 is 12.1 Å². The van der Waals surface area contributed by atoms with Gasteiger partial charge in [0.1, 0.15) is 5.69 Å². The van der Waals surface area contributed by atoms with Crippen molar-refractivity contribution in [3.63, 3.8) is 0 Å². The van der Waals surface area contributed by atoms with E-state index in [9.17, 15) is 27.6 Å². The highest BCUT2D eigenvalue weighted by molar-refractivity contribution is 5.98. The highest BCUT2D eigenvalue weighted by Gasteiger charge is 2.30.